The fourth-order valence-corrected chi connectivity index (χ4v) is 2.44. The minimum Gasteiger partial charge on any atom is -0.381 e. The van der Waals surface area contributed by atoms with Crippen molar-refractivity contribution in [1.29, 1.82) is 0 Å². The SMILES string of the molecule is COCc1c(Br)cccc1NCc1cnn(C(C)C)c1. The summed E-state index contributed by atoms with van der Waals surface area (Å²) in [6, 6.07) is 6.49. The summed E-state index contributed by atoms with van der Waals surface area (Å²) in [5.74, 6) is 0. The standard InChI is InChI=1S/C15H20BrN3O/c1-11(2)19-9-12(8-18-19)7-17-15-6-4-5-14(16)13(15)10-20-3/h4-6,8-9,11,17H,7,10H2,1-3H3. The topological polar surface area (TPSA) is 39.1 Å². The number of benzene rings is 1. The van der Waals surface area contributed by atoms with Gasteiger partial charge in [0.05, 0.1) is 12.8 Å². The highest BCUT2D eigenvalue weighted by atomic mass is 79.9. The van der Waals surface area contributed by atoms with Crippen molar-refractivity contribution in [1.82, 2.24) is 9.78 Å². The summed E-state index contributed by atoms with van der Waals surface area (Å²) in [5, 5.41) is 7.79. The van der Waals surface area contributed by atoms with Gasteiger partial charge < -0.3 is 10.1 Å². The lowest BCUT2D eigenvalue weighted by atomic mass is 10.2. The largest absolute Gasteiger partial charge is 0.381 e. The van der Waals surface area contributed by atoms with Gasteiger partial charge in [-0.3, -0.25) is 4.68 Å². The first-order chi connectivity index (χ1) is 9.61. The minimum absolute atomic E-state index is 0.388. The van der Waals surface area contributed by atoms with Crippen LogP contribution in [0.4, 0.5) is 5.69 Å². The van der Waals surface area contributed by atoms with E-state index in [1.807, 2.05) is 23.0 Å². The van der Waals surface area contributed by atoms with E-state index < -0.39 is 0 Å². The summed E-state index contributed by atoms with van der Waals surface area (Å²) in [4.78, 5) is 0. The average Bonchev–Trinajstić information content (AvgIpc) is 2.89. The summed E-state index contributed by atoms with van der Waals surface area (Å²) in [5.41, 5.74) is 3.38. The Morgan fingerprint density at radius 1 is 1.40 bits per heavy atom. The lowest BCUT2D eigenvalue weighted by Gasteiger charge is -2.12. The second kappa shape index (κ2) is 6.90. The van der Waals surface area contributed by atoms with E-state index in [9.17, 15) is 0 Å². The van der Waals surface area contributed by atoms with Crippen molar-refractivity contribution in [2.75, 3.05) is 12.4 Å². The Labute approximate surface area is 128 Å². The van der Waals surface area contributed by atoms with Gasteiger partial charge in [-0.1, -0.05) is 22.0 Å². The summed E-state index contributed by atoms with van der Waals surface area (Å²) in [6.07, 6.45) is 3.98. The zero-order valence-electron chi connectivity index (χ0n) is 12.1. The molecule has 0 spiro atoms. The molecule has 1 aromatic carbocycles. The van der Waals surface area contributed by atoms with Gasteiger partial charge in [-0.05, 0) is 26.0 Å². The normalized spacial score (nSPS) is 11.1. The highest BCUT2D eigenvalue weighted by Gasteiger charge is 2.07. The van der Waals surface area contributed by atoms with Gasteiger partial charge in [0.2, 0.25) is 0 Å². The van der Waals surface area contributed by atoms with E-state index in [2.05, 4.69) is 52.5 Å². The van der Waals surface area contributed by atoms with Gasteiger partial charge >= 0.3 is 0 Å². The van der Waals surface area contributed by atoms with Crippen LogP contribution < -0.4 is 5.32 Å². The molecule has 20 heavy (non-hydrogen) atoms. The van der Waals surface area contributed by atoms with Gasteiger partial charge in [-0.15, -0.1) is 0 Å². The fraction of sp³-hybridized carbons (Fsp3) is 0.400. The van der Waals surface area contributed by atoms with Crippen LogP contribution in [-0.2, 0) is 17.9 Å². The monoisotopic (exact) mass is 337 g/mol. The van der Waals surface area contributed by atoms with Crippen LogP contribution in [-0.4, -0.2) is 16.9 Å². The molecule has 0 radical (unpaired) electrons. The van der Waals surface area contributed by atoms with Gasteiger partial charge in [-0.25, -0.2) is 0 Å². The molecule has 0 saturated heterocycles. The zero-order valence-corrected chi connectivity index (χ0v) is 13.6. The van der Waals surface area contributed by atoms with Gasteiger partial charge in [0.25, 0.3) is 0 Å². The van der Waals surface area contributed by atoms with E-state index in [4.69, 9.17) is 4.74 Å². The Morgan fingerprint density at radius 3 is 2.85 bits per heavy atom. The third-order valence-electron chi connectivity index (χ3n) is 3.07. The van der Waals surface area contributed by atoms with Crippen molar-refractivity contribution >= 4 is 21.6 Å². The zero-order chi connectivity index (χ0) is 14.5. The molecule has 1 N–H and O–H groups in total. The second-order valence-corrected chi connectivity index (χ2v) is 5.83. The van der Waals surface area contributed by atoms with Crippen LogP contribution in [0.15, 0.2) is 35.1 Å². The number of aromatic nitrogens is 2. The number of hydrogen-bond donors (Lipinski definition) is 1. The molecule has 0 aliphatic carbocycles. The summed E-state index contributed by atoms with van der Waals surface area (Å²) < 4.78 is 8.27. The number of anilines is 1. The molecule has 4 nitrogen and oxygen atoms in total. The first kappa shape index (κ1) is 15.1. The molecule has 108 valence electrons. The van der Waals surface area contributed by atoms with Crippen LogP contribution in [0.1, 0.15) is 31.0 Å². The first-order valence-corrected chi connectivity index (χ1v) is 7.44. The van der Waals surface area contributed by atoms with E-state index in [0.29, 0.717) is 12.6 Å². The molecule has 1 aromatic heterocycles. The number of nitrogens with zero attached hydrogens (tertiary/aromatic N) is 2. The van der Waals surface area contributed by atoms with E-state index in [-0.39, 0.29) is 0 Å². The minimum atomic E-state index is 0.388. The Morgan fingerprint density at radius 2 is 2.20 bits per heavy atom. The highest BCUT2D eigenvalue weighted by Crippen LogP contribution is 2.26. The quantitative estimate of drug-likeness (QED) is 0.866. The highest BCUT2D eigenvalue weighted by molar-refractivity contribution is 9.10. The number of rotatable bonds is 6. The molecule has 0 aliphatic heterocycles. The Bertz CT molecular complexity index is 566. The maximum absolute atomic E-state index is 5.25. The van der Waals surface area contributed by atoms with Crippen LogP contribution in [0.3, 0.4) is 0 Å². The molecule has 2 aromatic rings. The molecule has 0 saturated carbocycles. The molecule has 0 fully saturated rings. The fourth-order valence-electron chi connectivity index (χ4n) is 1.96. The molecule has 1 heterocycles. The van der Waals surface area contributed by atoms with Gasteiger partial charge in [0, 0.05) is 47.2 Å². The maximum Gasteiger partial charge on any atom is 0.0744 e. The van der Waals surface area contributed by atoms with Crippen LogP contribution in [0.25, 0.3) is 0 Å². The lowest BCUT2D eigenvalue weighted by Crippen LogP contribution is -2.04. The smallest absolute Gasteiger partial charge is 0.0744 e. The molecule has 0 atom stereocenters. The average molecular weight is 338 g/mol. The predicted octanol–water partition coefficient (Wildman–Crippen LogP) is 3.99. The summed E-state index contributed by atoms with van der Waals surface area (Å²) in [6.45, 7) is 5.57. The van der Waals surface area contributed by atoms with Gasteiger partial charge in [0.15, 0.2) is 0 Å². The summed E-state index contributed by atoms with van der Waals surface area (Å²) >= 11 is 3.56. The number of ether oxygens (including phenoxy) is 1. The first-order valence-electron chi connectivity index (χ1n) is 6.65. The Hall–Kier alpha value is -1.33. The summed E-state index contributed by atoms with van der Waals surface area (Å²) in [7, 11) is 1.70. The second-order valence-electron chi connectivity index (χ2n) is 4.97. The van der Waals surface area contributed by atoms with E-state index in [1.165, 1.54) is 5.56 Å². The van der Waals surface area contributed by atoms with Crippen LogP contribution in [0.2, 0.25) is 0 Å². The molecular weight excluding hydrogens is 318 g/mol. The maximum atomic E-state index is 5.25. The van der Waals surface area contributed by atoms with Crippen molar-refractivity contribution in [2.24, 2.45) is 0 Å². The van der Waals surface area contributed by atoms with Crippen molar-refractivity contribution in [3.8, 4) is 0 Å². The molecule has 0 bridgehead atoms. The van der Waals surface area contributed by atoms with E-state index in [0.717, 1.165) is 22.3 Å². The lowest BCUT2D eigenvalue weighted by molar-refractivity contribution is 0.185. The van der Waals surface area contributed by atoms with Crippen molar-refractivity contribution in [3.63, 3.8) is 0 Å². The Kier molecular flexibility index (Phi) is 5.20. The van der Waals surface area contributed by atoms with Crippen LogP contribution >= 0.6 is 15.9 Å². The molecule has 0 aliphatic rings. The van der Waals surface area contributed by atoms with Gasteiger partial charge in [0.1, 0.15) is 0 Å². The predicted molar refractivity (Wildman–Crippen MR) is 84.8 cm³/mol. The van der Waals surface area contributed by atoms with E-state index in [1.54, 1.807) is 7.11 Å². The third kappa shape index (κ3) is 3.61. The van der Waals surface area contributed by atoms with Crippen molar-refractivity contribution in [2.45, 2.75) is 33.0 Å². The van der Waals surface area contributed by atoms with Gasteiger partial charge in [-0.2, -0.15) is 5.10 Å². The number of hydrogen-bond acceptors (Lipinski definition) is 3. The van der Waals surface area contributed by atoms with Crippen molar-refractivity contribution < 1.29 is 4.74 Å². The van der Waals surface area contributed by atoms with Crippen LogP contribution in [0.5, 0.6) is 0 Å². The molecular formula is C15H20BrN3O. The van der Waals surface area contributed by atoms with Crippen molar-refractivity contribution in [3.05, 3.63) is 46.2 Å². The van der Waals surface area contributed by atoms with Crippen LogP contribution in [0, 0.1) is 0 Å². The third-order valence-corrected chi connectivity index (χ3v) is 3.82. The Balaban J connectivity index is 2.08. The molecule has 2 rings (SSSR count). The molecule has 0 amide bonds. The molecule has 0 unspecified atom stereocenters. The molecule has 5 heteroatoms. The number of nitrogens with one attached hydrogen (secondary N) is 1. The van der Waals surface area contributed by atoms with E-state index >= 15 is 0 Å². The number of methoxy groups -OCH3 is 1. The number of halogens is 1.